The molecule has 0 spiro atoms. The molecule has 2 aromatic rings. The molecule has 112 valence electrons. The number of halogens is 1. The Morgan fingerprint density at radius 3 is 2.81 bits per heavy atom. The van der Waals surface area contributed by atoms with E-state index in [1.807, 2.05) is 6.92 Å². The van der Waals surface area contributed by atoms with E-state index < -0.39 is 10.0 Å². The average Bonchev–Trinajstić information content (AvgIpc) is 2.99. The van der Waals surface area contributed by atoms with Gasteiger partial charge < -0.3 is 4.74 Å². The van der Waals surface area contributed by atoms with Crippen LogP contribution in [-0.4, -0.2) is 21.2 Å². The SMILES string of the molecule is CCCOc1ccc(/C=N\S(=O)(=O)c2cccs2)cc1Br. The molecule has 2 rings (SSSR count). The van der Waals surface area contributed by atoms with Gasteiger partial charge in [-0.25, -0.2) is 0 Å². The number of benzene rings is 1. The molecule has 0 N–H and O–H groups in total. The van der Waals surface area contributed by atoms with Crippen molar-refractivity contribution in [2.24, 2.45) is 4.40 Å². The Balaban J connectivity index is 2.17. The molecule has 0 saturated carbocycles. The lowest BCUT2D eigenvalue weighted by molar-refractivity contribution is 0.315. The van der Waals surface area contributed by atoms with Crippen LogP contribution in [0.5, 0.6) is 5.75 Å². The van der Waals surface area contributed by atoms with Crippen LogP contribution < -0.4 is 4.74 Å². The Morgan fingerprint density at radius 1 is 1.38 bits per heavy atom. The molecular formula is C14H14BrNO3S2. The zero-order chi connectivity index (χ0) is 15.3. The van der Waals surface area contributed by atoms with E-state index in [2.05, 4.69) is 20.3 Å². The Kier molecular flexibility index (Phi) is 5.55. The standard InChI is InChI=1S/C14H14BrNO3S2/c1-2-7-19-13-6-5-11(9-12(13)15)10-16-21(17,18)14-4-3-8-20-14/h3-6,8-10H,2,7H2,1H3/b16-10-. The quantitative estimate of drug-likeness (QED) is 0.700. The second-order valence-electron chi connectivity index (χ2n) is 4.18. The van der Waals surface area contributed by atoms with Gasteiger partial charge in [0.15, 0.2) is 0 Å². The molecule has 0 bridgehead atoms. The van der Waals surface area contributed by atoms with Gasteiger partial charge >= 0.3 is 0 Å². The number of hydrogen-bond donors (Lipinski definition) is 0. The van der Waals surface area contributed by atoms with Gasteiger partial charge in [-0.1, -0.05) is 13.0 Å². The third-order valence-electron chi connectivity index (χ3n) is 2.51. The van der Waals surface area contributed by atoms with Crippen molar-refractivity contribution in [1.82, 2.24) is 0 Å². The summed E-state index contributed by atoms with van der Waals surface area (Å²) in [6.07, 6.45) is 2.26. The maximum atomic E-state index is 11.9. The van der Waals surface area contributed by atoms with Crippen LogP contribution in [0.25, 0.3) is 0 Å². The fourth-order valence-corrected chi connectivity index (χ4v) is 3.88. The van der Waals surface area contributed by atoms with Crippen LogP contribution in [0.15, 0.2) is 48.8 Å². The third-order valence-corrected chi connectivity index (χ3v) is 5.74. The van der Waals surface area contributed by atoms with Crippen molar-refractivity contribution in [3.8, 4) is 5.75 Å². The molecule has 1 aromatic heterocycles. The van der Waals surface area contributed by atoms with Crippen LogP contribution in [0.2, 0.25) is 0 Å². The molecular weight excluding hydrogens is 374 g/mol. The van der Waals surface area contributed by atoms with Gasteiger partial charge in [0.2, 0.25) is 0 Å². The maximum Gasteiger partial charge on any atom is 0.291 e. The summed E-state index contributed by atoms with van der Waals surface area (Å²) in [5.41, 5.74) is 0.686. The van der Waals surface area contributed by atoms with Crippen molar-refractivity contribution in [2.75, 3.05) is 6.61 Å². The lowest BCUT2D eigenvalue weighted by Gasteiger charge is -2.07. The second-order valence-corrected chi connectivity index (χ2v) is 7.84. The van der Waals surface area contributed by atoms with Gasteiger partial charge in [-0.05, 0) is 57.6 Å². The summed E-state index contributed by atoms with van der Waals surface area (Å²) < 4.78 is 34.1. The first-order chi connectivity index (χ1) is 10.0. The molecule has 0 aliphatic rings. The molecule has 0 amide bonds. The Morgan fingerprint density at radius 2 is 2.19 bits per heavy atom. The lowest BCUT2D eigenvalue weighted by atomic mass is 10.2. The van der Waals surface area contributed by atoms with E-state index >= 15 is 0 Å². The van der Waals surface area contributed by atoms with E-state index in [0.29, 0.717) is 12.2 Å². The minimum atomic E-state index is -3.61. The van der Waals surface area contributed by atoms with Crippen molar-refractivity contribution in [1.29, 1.82) is 0 Å². The minimum absolute atomic E-state index is 0.237. The summed E-state index contributed by atoms with van der Waals surface area (Å²) in [6.45, 7) is 2.67. The molecule has 0 atom stereocenters. The normalized spacial score (nSPS) is 11.9. The van der Waals surface area contributed by atoms with E-state index in [9.17, 15) is 8.42 Å². The number of thiophene rings is 1. The van der Waals surface area contributed by atoms with E-state index in [0.717, 1.165) is 28.0 Å². The van der Waals surface area contributed by atoms with Crippen LogP contribution in [0, 0.1) is 0 Å². The number of rotatable bonds is 6. The summed E-state index contributed by atoms with van der Waals surface area (Å²) >= 11 is 4.55. The molecule has 21 heavy (non-hydrogen) atoms. The molecule has 0 fully saturated rings. The first-order valence-electron chi connectivity index (χ1n) is 6.29. The maximum absolute atomic E-state index is 11.9. The van der Waals surface area contributed by atoms with Crippen molar-refractivity contribution >= 4 is 43.5 Å². The van der Waals surface area contributed by atoms with Crippen molar-refractivity contribution < 1.29 is 13.2 Å². The van der Waals surface area contributed by atoms with Crippen LogP contribution >= 0.6 is 27.3 Å². The summed E-state index contributed by atoms with van der Waals surface area (Å²) in [6, 6.07) is 8.55. The molecule has 0 saturated heterocycles. The predicted molar refractivity (Wildman–Crippen MR) is 89.0 cm³/mol. The highest BCUT2D eigenvalue weighted by Crippen LogP contribution is 2.26. The summed E-state index contributed by atoms with van der Waals surface area (Å²) in [5, 5.41) is 1.71. The predicted octanol–water partition coefficient (Wildman–Crippen LogP) is 4.11. The molecule has 0 radical (unpaired) electrons. The van der Waals surface area contributed by atoms with E-state index in [1.54, 1.807) is 29.6 Å². The summed E-state index contributed by atoms with van der Waals surface area (Å²) in [7, 11) is -3.61. The van der Waals surface area contributed by atoms with Crippen molar-refractivity contribution in [3.63, 3.8) is 0 Å². The zero-order valence-electron chi connectivity index (χ0n) is 11.3. The van der Waals surface area contributed by atoms with E-state index in [-0.39, 0.29) is 4.21 Å². The fraction of sp³-hybridized carbons (Fsp3) is 0.214. The molecule has 0 unspecified atom stereocenters. The number of sulfonamides is 1. The highest BCUT2D eigenvalue weighted by Gasteiger charge is 2.12. The van der Waals surface area contributed by atoms with E-state index in [4.69, 9.17) is 4.74 Å². The van der Waals surface area contributed by atoms with Gasteiger partial charge in [-0.3, -0.25) is 0 Å². The Bertz CT molecular complexity index is 725. The summed E-state index contributed by atoms with van der Waals surface area (Å²) in [5.74, 6) is 0.732. The molecule has 4 nitrogen and oxygen atoms in total. The number of hydrogen-bond acceptors (Lipinski definition) is 4. The van der Waals surface area contributed by atoms with Gasteiger partial charge in [0.25, 0.3) is 10.0 Å². The van der Waals surface area contributed by atoms with Gasteiger partial charge in [0.05, 0.1) is 11.1 Å². The first-order valence-corrected chi connectivity index (χ1v) is 9.40. The smallest absolute Gasteiger partial charge is 0.291 e. The zero-order valence-corrected chi connectivity index (χ0v) is 14.5. The first kappa shape index (κ1) is 16.2. The van der Waals surface area contributed by atoms with Gasteiger partial charge in [-0.2, -0.15) is 12.8 Å². The lowest BCUT2D eigenvalue weighted by Crippen LogP contribution is -1.97. The van der Waals surface area contributed by atoms with Gasteiger partial charge in [0, 0.05) is 6.21 Å². The molecule has 7 heteroatoms. The summed E-state index contributed by atoms with van der Waals surface area (Å²) in [4.78, 5) is 0. The fourth-order valence-electron chi connectivity index (χ4n) is 1.52. The van der Waals surface area contributed by atoms with Crippen LogP contribution in [0.3, 0.4) is 0 Å². The van der Waals surface area contributed by atoms with Gasteiger partial charge in [-0.15, -0.1) is 11.3 Å². The average molecular weight is 388 g/mol. The van der Waals surface area contributed by atoms with E-state index in [1.165, 1.54) is 12.3 Å². The van der Waals surface area contributed by atoms with Crippen LogP contribution in [0.1, 0.15) is 18.9 Å². The van der Waals surface area contributed by atoms with Crippen molar-refractivity contribution in [2.45, 2.75) is 17.6 Å². The molecule has 0 aliphatic heterocycles. The number of ether oxygens (including phenoxy) is 1. The largest absolute Gasteiger partial charge is 0.492 e. The van der Waals surface area contributed by atoms with Gasteiger partial charge in [0.1, 0.15) is 9.96 Å². The van der Waals surface area contributed by atoms with Crippen molar-refractivity contribution in [3.05, 3.63) is 45.7 Å². The molecule has 1 heterocycles. The Hall–Kier alpha value is -1.18. The highest BCUT2D eigenvalue weighted by molar-refractivity contribution is 9.10. The van der Waals surface area contributed by atoms with Crippen LogP contribution in [0.4, 0.5) is 0 Å². The number of nitrogens with zero attached hydrogens (tertiary/aromatic N) is 1. The Labute approximate surface area is 136 Å². The topological polar surface area (TPSA) is 55.7 Å². The third kappa shape index (κ3) is 4.39. The monoisotopic (exact) mass is 387 g/mol. The molecule has 0 aliphatic carbocycles. The van der Waals surface area contributed by atoms with Crippen LogP contribution in [-0.2, 0) is 10.0 Å². The highest BCUT2D eigenvalue weighted by atomic mass is 79.9. The minimum Gasteiger partial charge on any atom is -0.492 e. The molecule has 1 aromatic carbocycles. The second kappa shape index (κ2) is 7.20.